The maximum Gasteiger partial charge on any atom is 0.234 e. The van der Waals surface area contributed by atoms with Gasteiger partial charge in [-0.2, -0.15) is 5.26 Å². The third-order valence-electron chi connectivity index (χ3n) is 2.76. The van der Waals surface area contributed by atoms with Crippen LogP contribution in [-0.4, -0.2) is 11.7 Å². The van der Waals surface area contributed by atoms with Crippen LogP contribution in [-0.2, 0) is 10.5 Å². The highest BCUT2D eigenvalue weighted by Gasteiger charge is 2.06. The van der Waals surface area contributed by atoms with Crippen LogP contribution in [0.15, 0.2) is 42.5 Å². The molecule has 0 atom stereocenters. The molecule has 2 aromatic rings. The van der Waals surface area contributed by atoms with E-state index in [0.29, 0.717) is 32.8 Å². The van der Waals surface area contributed by atoms with Gasteiger partial charge in [-0.1, -0.05) is 35.3 Å². The van der Waals surface area contributed by atoms with Gasteiger partial charge in [0, 0.05) is 16.5 Å². The quantitative estimate of drug-likeness (QED) is 0.847. The SMILES string of the molecule is N#Cc1ccc(NC(=O)CSCc2cccc(Cl)c2)cc1Cl. The number of nitrogens with one attached hydrogen (secondary N) is 1. The summed E-state index contributed by atoms with van der Waals surface area (Å²) in [5.74, 6) is 0.916. The van der Waals surface area contributed by atoms with Crippen LogP contribution in [0.4, 0.5) is 5.69 Å². The number of hydrogen-bond acceptors (Lipinski definition) is 3. The summed E-state index contributed by atoms with van der Waals surface area (Å²) in [6.45, 7) is 0. The second-order valence-corrected chi connectivity index (χ2v) is 6.31. The number of halogens is 2. The molecule has 22 heavy (non-hydrogen) atoms. The van der Waals surface area contributed by atoms with Crippen LogP contribution < -0.4 is 5.32 Å². The highest BCUT2D eigenvalue weighted by Crippen LogP contribution is 2.21. The van der Waals surface area contributed by atoms with E-state index in [1.807, 2.05) is 30.3 Å². The van der Waals surface area contributed by atoms with E-state index in [-0.39, 0.29) is 5.91 Å². The summed E-state index contributed by atoms with van der Waals surface area (Å²) < 4.78 is 0. The minimum absolute atomic E-state index is 0.118. The number of nitrogens with zero attached hydrogens (tertiary/aromatic N) is 1. The summed E-state index contributed by atoms with van der Waals surface area (Å²) in [5.41, 5.74) is 2.04. The molecule has 0 spiro atoms. The molecular formula is C16H12Cl2N2OS. The zero-order valence-corrected chi connectivity index (χ0v) is 13.8. The molecule has 0 fully saturated rings. The standard InChI is InChI=1S/C16H12Cl2N2OS/c17-13-3-1-2-11(6-13)9-22-10-16(21)20-14-5-4-12(8-19)15(18)7-14/h1-7H,9-10H2,(H,20,21). The Bertz CT molecular complexity index is 728. The van der Waals surface area contributed by atoms with E-state index in [1.165, 1.54) is 11.8 Å². The fraction of sp³-hybridized carbons (Fsp3) is 0.125. The lowest BCUT2D eigenvalue weighted by Gasteiger charge is -2.06. The van der Waals surface area contributed by atoms with Gasteiger partial charge in [0.25, 0.3) is 0 Å². The summed E-state index contributed by atoms with van der Waals surface area (Å²) in [7, 11) is 0. The molecule has 0 heterocycles. The predicted molar refractivity (Wildman–Crippen MR) is 92.4 cm³/mol. The Morgan fingerprint density at radius 2 is 2.05 bits per heavy atom. The lowest BCUT2D eigenvalue weighted by Crippen LogP contribution is -2.14. The highest BCUT2D eigenvalue weighted by atomic mass is 35.5. The van der Waals surface area contributed by atoms with Gasteiger partial charge < -0.3 is 5.32 Å². The van der Waals surface area contributed by atoms with E-state index >= 15 is 0 Å². The molecule has 2 rings (SSSR count). The lowest BCUT2D eigenvalue weighted by molar-refractivity contribution is -0.113. The Kier molecular flexibility index (Phi) is 6.14. The number of thioether (sulfide) groups is 1. The van der Waals surface area contributed by atoms with Gasteiger partial charge in [0.15, 0.2) is 0 Å². The van der Waals surface area contributed by atoms with Crippen LogP contribution in [0.1, 0.15) is 11.1 Å². The highest BCUT2D eigenvalue weighted by molar-refractivity contribution is 7.99. The summed E-state index contributed by atoms with van der Waals surface area (Å²) >= 11 is 13.3. The van der Waals surface area contributed by atoms with Gasteiger partial charge in [0.1, 0.15) is 6.07 Å². The predicted octanol–water partition coefficient (Wildman–Crippen LogP) is 4.74. The zero-order valence-electron chi connectivity index (χ0n) is 11.5. The molecular weight excluding hydrogens is 339 g/mol. The molecule has 6 heteroatoms. The third kappa shape index (κ3) is 4.96. The van der Waals surface area contributed by atoms with Crippen LogP contribution in [0.5, 0.6) is 0 Å². The van der Waals surface area contributed by atoms with E-state index in [9.17, 15) is 4.79 Å². The molecule has 0 aliphatic heterocycles. The molecule has 0 saturated heterocycles. The molecule has 0 unspecified atom stereocenters. The topological polar surface area (TPSA) is 52.9 Å². The minimum Gasteiger partial charge on any atom is -0.325 e. The van der Waals surface area contributed by atoms with Gasteiger partial charge in [0.2, 0.25) is 5.91 Å². The minimum atomic E-state index is -0.118. The number of hydrogen-bond donors (Lipinski definition) is 1. The lowest BCUT2D eigenvalue weighted by atomic mass is 10.2. The van der Waals surface area contributed by atoms with E-state index < -0.39 is 0 Å². The Morgan fingerprint density at radius 3 is 2.73 bits per heavy atom. The van der Waals surface area contributed by atoms with Crippen molar-refractivity contribution in [2.24, 2.45) is 0 Å². The zero-order chi connectivity index (χ0) is 15.9. The fourth-order valence-corrected chi connectivity index (χ4v) is 2.98. The second-order valence-electron chi connectivity index (χ2n) is 4.48. The van der Waals surface area contributed by atoms with Crippen LogP contribution in [0.3, 0.4) is 0 Å². The smallest absolute Gasteiger partial charge is 0.234 e. The number of carbonyl (C=O) groups excluding carboxylic acids is 1. The van der Waals surface area contributed by atoms with Gasteiger partial charge >= 0.3 is 0 Å². The van der Waals surface area contributed by atoms with E-state index in [0.717, 1.165) is 5.56 Å². The van der Waals surface area contributed by atoms with Crippen molar-refractivity contribution in [3.63, 3.8) is 0 Å². The average Bonchev–Trinajstić information content (AvgIpc) is 2.47. The molecule has 0 aliphatic rings. The van der Waals surface area contributed by atoms with Gasteiger partial charge in [-0.25, -0.2) is 0 Å². The molecule has 0 aromatic heterocycles. The van der Waals surface area contributed by atoms with Crippen molar-refractivity contribution >= 4 is 46.6 Å². The van der Waals surface area contributed by atoms with Crippen molar-refractivity contribution in [1.82, 2.24) is 0 Å². The van der Waals surface area contributed by atoms with Crippen molar-refractivity contribution in [3.05, 3.63) is 63.6 Å². The van der Waals surface area contributed by atoms with Crippen molar-refractivity contribution in [2.75, 3.05) is 11.1 Å². The first-order valence-electron chi connectivity index (χ1n) is 6.40. The monoisotopic (exact) mass is 350 g/mol. The van der Waals surface area contributed by atoms with Crippen LogP contribution in [0.2, 0.25) is 10.0 Å². The summed E-state index contributed by atoms with van der Waals surface area (Å²) in [6.07, 6.45) is 0. The Hall–Kier alpha value is -1.67. The van der Waals surface area contributed by atoms with Gasteiger partial charge in [-0.3, -0.25) is 4.79 Å². The van der Waals surface area contributed by atoms with Gasteiger partial charge in [-0.15, -0.1) is 11.8 Å². The summed E-state index contributed by atoms with van der Waals surface area (Å²) in [6, 6.07) is 14.3. The third-order valence-corrected chi connectivity index (χ3v) is 4.32. The maximum atomic E-state index is 11.9. The van der Waals surface area contributed by atoms with E-state index in [4.69, 9.17) is 28.5 Å². The maximum absolute atomic E-state index is 11.9. The number of benzene rings is 2. The fourth-order valence-electron chi connectivity index (χ4n) is 1.77. The summed E-state index contributed by atoms with van der Waals surface area (Å²) in [5, 5.41) is 12.6. The molecule has 2 aromatic carbocycles. The van der Waals surface area contributed by atoms with Crippen molar-refractivity contribution < 1.29 is 4.79 Å². The summed E-state index contributed by atoms with van der Waals surface area (Å²) in [4.78, 5) is 11.9. The Labute approximate surface area is 143 Å². The molecule has 112 valence electrons. The normalized spacial score (nSPS) is 10.0. The number of rotatable bonds is 5. The molecule has 3 nitrogen and oxygen atoms in total. The van der Waals surface area contributed by atoms with Gasteiger partial charge in [-0.05, 0) is 35.9 Å². The van der Waals surface area contributed by atoms with Gasteiger partial charge in [0.05, 0.1) is 16.3 Å². The van der Waals surface area contributed by atoms with Crippen molar-refractivity contribution in [3.8, 4) is 6.07 Å². The molecule has 1 N–H and O–H groups in total. The number of anilines is 1. The Balaban J connectivity index is 1.83. The second kappa shape index (κ2) is 8.09. The molecule has 0 radical (unpaired) electrons. The van der Waals surface area contributed by atoms with E-state index in [2.05, 4.69) is 5.32 Å². The molecule has 0 bridgehead atoms. The average molecular weight is 351 g/mol. The van der Waals surface area contributed by atoms with Crippen LogP contribution in [0.25, 0.3) is 0 Å². The number of amides is 1. The number of nitriles is 1. The number of carbonyl (C=O) groups is 1. The van der Waals surface area contributed by atoms with Crippen molar-refractivity contribution in [2.45, 2.75) is 5.75 Å². The molecule has 1 amide bonds. The first kappa shape index (κ1) is 16.7. The van der Waals surface area contributed by atoms with Crippen LogP contribution in [0, 0.1) is 11.3 Å². The Morgan fingerprint density at radius 1 is 1.23 bits per heavy atom. The first-order valence-corrected chi connectivity index (χ1v) is 8.31. The van der Waals surface area contributed by atoms with E-state index in [1.54, 1.807) is 18.2 Å². The largest absolute Gasteiger partial charge is 0.325 e. The van der Waals surface area contributed by atoms with Crippen molar-refractivity contribution in [1.29, 1.82) is 5.26 Å². The molecule has 0 aliphatic carbocycles. The first-order chi connectivity index (χ1) is 10.6. The molecule has 0 saturated carbocycles. The van der Waals surface area contributed by atoms with Crippen LogP contribution >= 0.6 is 35.0 Å².